The number of carbonyl (C=O) groups is 3. The normalized spacial score (nSPS) is 36.4. The number of amides is 3. The van der Waals surface area contributed by atoms with Crippen molar-refractivity contribution in [3.63, 3.8) is 0 Å². The van der Waals surface area contributed by atoms with E-state index in [0.717, 1.165) is 11.3 Å². The van der Waals surface area contributed by atoms with Crippen molar-refractivity contribution in [1.29, 1.82) is 0 Å². The molecule has 0 radical (unpaired) electrons. The van der Waals surface area contributed by atoms with E-state index in [2.05, 4.69) is 37.2 Å². The molecule has 1 heterocycles. The molecule has 26 heavy (non-hydrogen) atoms. The number of alkyl halides is 2. The lowest BCUT2D eigenvalue weighted by Gasteiger charge is -2.28. The first-order valence-electron chi connectivity index (χ1n) is 8.52. The predicted molar refractivity (Wildman–Crippen MR) is 100 cm³/mol. The molecule has 0 aromatic heterocycles. The number of hydrogen-bond donors (Lipinski definition) is 1. The van der Waals surface area contributed by atoms with Crippen molar-refractivity contribution < 1.29 is 18.8 Å². The number of nitrogens with one attached hydrogen (secondary N) is 1. The van der Waals surface area contributed by atoms with Gasteiger partial charge in [0.1, 0.15) is 11.9 Å². The van der Waals surface area contributed by atoms with Crippen LogP contribution in [0.4, 0.5) is 10.1 Å². The molecule has 138 valence electrons. The molecule has 4 rings (SSSR count). The van der Waals surface area contributed by atoms with E-state index in [4.69, 9.17) is 0 Å². The highest BCUT2D eigenvalue weighted by Crippen LogP contribution is 2.60. The highest BCUT2D eigenvalue weighted by molar-refractivity contribution is 9.12. The first-order valence-corrected chi connectivity index (χ1v) is 10.4. The molecule has 1 aromatic rings. The molecule has 1 saturated heterocycles. The Balaban J connectivity index is 1.53. The third-order valence-electron chi connectivity index (χ3n) is 5.90. The molecule has 2 bridgehead atoms. The zero-order valence-corrected chi connectivity index (χ0v) is 17.0. The van der Waals surface area contributed by atoms with Crippen LogP contribution in [0.25, 0.3) is 0 Å². The van der Waals surface area contributed by atoms with Crippen LogP contribution in [-0.4, -0.2) is 38.3 Å². The minimum absolute atomic E-state index is 0.114. The van der Waals surface area contributed by atoms with E-state index in [1.807, 2.05) is 0 Å². The second-order valence-corrected chi connectivity index (χ2v) is 9.34. The van der Waals surface area contributed by atoms with Crippen LogP contribution in [0.5, 0.6) is 0 Å². The fraction of sp³-hybridized carbons (Fsp3) is 0.500. The Labute approximate surface area is 166 Å². The lowest BCUT2D eigenvalue weighted by molar-refractivity contribution is -0.146. The Bertz CT molecular complexity index is 755. The van der Waals surface area contributed by atoms with Crippen molar-refractivity contribution >= 4 is 55.3 Å². The van der Waals surface area contributed by atoms with E-state index in [0.29, 0.717) is 5.69 Å². The molecule has 3 amide bonds. The quantitative estimate of drug-likeness (QED) is 0.526. The predicted octanol–water partition coefficient (Wildman–Crippen LogP) is 2.93. The summed E-state index contributed by atoms with van der Waals surface area (Å²) in [4.78, 5) is 39.8. The van der Waals surface area contributed by atoms with Crippen LogP contribution in [0, 0.1) is 29.5 Å². The van der Waals surface area contributed by atoms with Gasteiger partial charge >= 0.3 is 0 Å². The van der Waals surface area contributed by atoms with Gasteiger partial charge in [-0.25, -0.2) is 4.39 Å². The summed E-state index contributed by atoms with van der Waals surface area (Å²) in [6.07, 6.45) is 0.850. The molecule has 1 N–H and O–H groups in total. The minimum atomic E-state index is -0.910. The van der Waals surface area contributed by atoms with Crippen molar-refractivity contribution in [2.45, 2.75) is 29.0 Å². The highest BCUT2D eigenvalue weighted by atomic mass is 79.9. The summed E-state index contributed by atoms with van der Waals surface area (Å²) in [7, 11) is 0. The van der Waals surface area contributed by atoms with Crippen LogP contribution < -0.4 is 5.32 Å². The van der Waals surface area contributed by atoms with Gasteiger partial charge in [-0.3, -0.25) is 19.3 Å². The molecule has 7 atom stereocenters. The molecule has 2 saturated carbocycles. The minimum Gasteiger partial charge on any atom is -0.324 e. The van der Waals surface area contributed by atoms with Gasteiger partial charge in [0.15, 0.2) is 0 Å². The maximum absolute atomic E-state index is 13.0. The van der Waals surface area contributed by atoms with Crippen LogP contribution in [-0.2, 0) is 14.4 Å². The van der Waals surface area contributed by atoms with E-state index in [9.17, 15) is 18.8 Å². The second-order valence-electron chi connectivity index (χ2n) is 7.22. The molecule has 3 aliphatic rings. The van der Waals surface area contributed by atoms with E-state index in [1.54, 1.807) is 6.92 Å². The van der Waals surface area contributed by atoms with Crippen molar-refractivity contribution in [3.8, 4) is 0 Å². The van der Waals surface area contributed by atoms with E-state index < -0.39 is 17.8 Å². The van der Waals surface area contributed by atoms with Gasteiger partial charge in [0.05, 0.1) is 11.8 Å². The zero-order valence-electron chi connectivity index (χ0n) is 13.9. The fourth-order valence-electron chi connectivity index (χ4n) is 4.65. The number of carbonyl (C=O) groups excluding carboxylic acids is 3. The van der Waals surface area contributed by atoms with Crippen LogP contribution >= 0.6 is 31.9 Å². The number of fused-ring (bicyclic) bond motifs is 5. The number of likely N-dealkylation sites (tertiary alicyclic amines) is 1. The van der Waals surface area contributed by atoms with Gasteiger partial charge in [-0.15, -0.1) is 0 Å². The van der Waals surface area contributed by atoms with Crippen LogP contribution in [0.15, 0.2) is 24.3 Å². The zero-order chi connectivity index (χ0) is 18.7. The Morgan fingerprint density at radius 1 is 1.12 bits per heavy atom. The van der Waals surface area contributed by atoms with Gasteiger partial charge < -0.3 is 5.32 Å². The number of nitrogens with zero attached hydrogens (tertiary/aromatic N) is 1. The second kappa shape index (κ2) is 6.41. The largest absolute Gasteiger partial charge is 0.324 e. The maximum atomic E-state index is 13.0. The summed E-state index contributed by atoms with van der Waals surface area (Å²) in [5.41, 5.74) is 0.420. The number of benzene rings is 1. The van der Waals surface area contributed by atoms with Crippen molar-refractivity contribution in [2.75, 3.05) is 5.32 Å². The van der Waals surface area contributed by atoms with Crippen LogP contribution in [0.1, 0.15) is 13.3 Å². The number of halogens is 3. The third-order valence-corrected chi connectivity index (χ3v) is 9.11. The summed E-state index contributed by atoms with van der Waals surface area (Å²) >= 11 is 7.28. The summed E-state index contributed by atoms with van der Waals surface area (Å²) in [5, 5.41) is 2.64. The maximum Gasteiger partial charge on any atom is 0.247 e. The summed E-state index contributed by atoms with van der Waals surface area (Å²) in [5.74, 6) is -1.82. The number of hydrogen-bond acceptors (Lipinski definition) is 3. The molecule has 5 nitrogen and oxygen atoms in total. The van der Waals surface area contributed by atoms with E-state index in [-0.39, 0.29) is 45.1 Å². The first-order chi connectivity index (χ1) is 12.3. The molecular formula is C18H17Br2FN2O3. The summed E-state index contributed by atoms with van der Waals surface area (Å²) in [6, 6.07) is 4.44. The number of rotatable bonds is 3. The van der Waals surface area contributed by atoms with Crippen molar-refractivity contribution in [1.82, 2.24) is 4.90 Å². The van der Waals surface area contributed by atoms with E-state index >= 15 is 0 Å². The third kappa shape index (κ3) is 2.56. The number of anilines is 1. The first kappa shape index (κ1) is 18.1. The van der Waals surface area contributed by atoms with Gasteiger partial charge in [0.2, 0.25) is 17.7 Å². The van der Waals surface area contributed by atoms with E-state index in [1.165, 1.54) is 24.3 Å². The molecule has 0 spiro atoms. The molecule has 1 aromatic carbocycles. The lowest BCUT2D eigenvalue weighted by atomic mass is 9.81. The average Bonchev–Trinajstić information content (AvgIpc) is 3.21. The molecule has 2 aliphatic carbocycles. The SMILES string of the molecule is C[C@@H](C(=O)Nc1ccc(F)cc1)N1C(=O)[C@@H]2[C@@H]3C[C@H]([C@H](Br)[C@@H]3Br)[C@@H]2C1=O. The topological polar surface area (TPSA) is 66.5 Å². The smallest absolute Gasteiger partial charge is 0.247 e. The summed E-state index contributed by atoms with van der Waals surface area (Å²) in [6.45, 7) is 1.55. The molecule has 8 heteroatoms. The van der Waals surface area contributed by atoms with Crippen LogP contribution in [0.2, 0.25) is 0 Å². The van der Waals surface area contributed by atoms with Crippen molar-refractivity contribution in [2.24, 2.45) is 23.7 Å². The Kier molecular flexibility index (Phi) is 4.46. The number of imide groups is 1. The average molecular weight is 488 g/mol. The van der Waals surface area contributed by atoms with Gasteiger partial charge in [-0.2, -0.15) is 0 Å². The van der Waals surface area contributed by atoms with Gasteiger partial charge in [0.25, 0.3) is 0 Å². The standard InChI is InChI=1S/C18H17Br2FN2O3/c1-7(16(24)22-9-4-2-8(21)3-5-9)23-17(25)12-10-6-11(13(12)18(23)26)15(20)14(10)19/h2-5,7,10-15H,6H2,1H3,(H,22,24)/t7-,10-,11-,12-,13+,14-,15+/m0/s1. The molecule has 0 unspecified atom stereocenters. The van der Waals surface area contributed by atoms with Gasteiger partial charge in [-0.05, 0) is 49.4 Å². The highest BCUT2D eigenvalue weighted by Gasteiger charge is 2.67. The lowest BCUT2D eigenvalue weighted by Crippen LogP contribution is -2.46. The molecule has 3 fully saturated rings. The van der Waals surface area contributed by atoms with Crippen molar-refractivity contribution in [3.05, 3.63) is 30.1 Å². The Morgan fingerprint density at radius 3 is 2.12 bits per heavy atom. The molecule has 1 aliphatic heterocycles. The molecular weight excluding hydrogens is 471 g/mol. The van der Waals surface area contributed by atoms with Gasteiger partial charge in [-0.1, -0.05) is 31.9 Å². The fourth-order valence-corrected chi connectivity index (χ4v) is 6.52. The Hall–Kier alpha value is -1.28. The Morgan fingerprint density at radius 2 is 1.62 bits per heavy atom. The van der Waals surface area contributed by atoms with Crippen LogP contribution in [0.3, 0.4) is 0 Å². The summed E-state index contributed by atoms with van der Waals surface area (Å²) < 4.78 is 13.0. The van der Waals surface area contributed by atoms with Gasteiger partial charge in [0, 0.05) is 15.3 Å². The monoisotopic (exact) mass is 486 g/mol.